The van der Waals surface area contributed by atoms with E-state index >= 15 is 9.18 Å². The standard InChI is InChI=1S/C36H31FN2O7/c1-21-10-12-23(13-11-21)32(40)30-29(33(41)45-3)31(34(42)46-4)38-17-16-25(44-2)19-28(38)36(30)26-18-24(37)14-15-27(26)39(35(36)43)20-22-8-6-5-7-9-22/h5-19,28,30H,20H2,1-4H3/t28?,30-,36-/m1/s1. The van der Waals surface area contributed by atoms with Crippen LogP contribution in [0.15, 0.2) is 108 Å². The maximum atomic E-state index is 15.4. The number of rotatable bonds is 7. The van der Waals surface area contributed by atoms with Crippen LogP contribution in [-0.4, -0.2) is 55.9 Å². The van der Waals surface area contributed by atoms with Gasteiger partial charge in [-0.15, -0.1) is 0 Å². The van der Waals surface area contributed by atoms with Crippen LogP contribution in [0.1, 0.15) is 27.0 Å². The monoisotopic (exact) mass is 622 g/mol. The van der Waals surface area contributed by atoms with Crippen LogP contribution >= 0.6 is 0 Å². The molecule has 0 bridgehead atoms. The highest BCUT2D eigenvalue weighted by Crippen LogP contribution is 2.58. The van der Waals surface area contributed by atoms with Crippen LogP contribution in [0.25, 0.3) is 0 Å². The van der Waals surface area contributed by atoms with E-state index in [0.29, 0.717) is 11.4 Å². The molecule has 0 saturated heterocycles. The van der Waals surface area contributed by atoms with E-state index in [1.807, 2.05) is 37.3 Å². The molecule has 6 rings (SSSR count). The normalized spacial score (nSPS) is 21.5. The van der Waals surface area contributed by atoms with Crippen molar-refractivity contribution in [1.29, 1.82) is 0 Å². The van der Waals surface area contributed by atoms with Crippen molar-refractivity contribution in [2.45, 2.75) is 24.9 Å². The van der Waals surface area contributed by atoms with E-state index in [1.165, 1.54) is 41.3 Å². The van der Waals surface area contributed by atoms with E-state index in [0.717, 1.165) is 25.3 Å². The van der Waals surface area contributed by atoms with Gasteiger partial charge >= 0.3 is 11.9 Å². The second kappa shape index (κ2) is 11.8. The van der Waals surface area contributed by atoms with E-state index in [9.17, 15) is 14.4 Å². The number of fused-ring (bicyclic) bond motifs is 4. The molecule has 9 nitrogen and oxygen atoms in total. The lowest BCUT2D eigenvalue weighted by molar-refractivity contribution is -0.143. The van der Waals surface area contributed by atoms with Crippen LogP contribution in [0.4, 0.5) is 10.1 Å². The first-order chi connectivity index (χ1) is 22.2. The number of carbonyl (C=O) groups excluding carboxylic acids is 4. The molecule has 3 heterocycles. The summed E-state index contributed by atoms with van der Waals surface area (Å²) in [6.07, 6.45) is 4.64. The number of halogens is 1. The average Bonchev–Trinajstić information content (AvgIpc) is 3.30. The first-order valence-electron chi connectivity index (χ1n) is 14.6. The van der Waals surface area contributed by atoms with Gasteiger partial charge in [0.2, 0.25) is 5.91 Å². The zero-order valence-electron chi connectivity index (χ0n) is 25.7. The molecular formula is C36H31FN2O7. The molecule has 0 aliphatic carbocycles. The van der Waals surface area contributed by atoms with E-state index in [2.05, 4.69) is 0 Å². The molecule has 1 unspecified atom stereocenters. The highest BCUT2D eigenvalue weighted by molar-refractivity contribution is 6.19. The lowest BCUT2D eigenvalue weighted by atomic mass is 9.58. The topological polar surface area (TPSA) is 102 Å². The Balaban J connectivity index is 1.74. The second-order valence-electron chi connectivity index (χ2n) is 11.3. The van der Waals surface area contributed by atoms with E-state index in [-0.39, 0.29) is 28.9 Å². The van der Waals surface area contributed by atoms with Crippen molar-refractivity contribution in [3.63, 3.8) is 0 Å². The van der Waals surface area contributed by atoms with E-state index in [4.69, 9.17) is 14.2 Å². The van der Waals surface area contributed by atoms with Crippen molar-refractivity contribution in [1.82, 2.24) is 4.90 Å². The fourth-order valence-electron chi connectivity index (χ4n) is 6.78. The number of methoxy groups -OCH3 is 3. The van der Waals surface area contributed by atoms with Crippen LogP contribution in [0.5, 0.6) is 0 Å². The number of ether oxygens (including phenoxy) is 3. The SMILES string of the molecule is COC(=O)C1=C(C(=O)OC)N2C=CC(OC)=CC2[C@@]2(C(=O)N(Cc3ccccc3)c3ccc(F)cc32)[C@H]1C(=O)c1ccc(C)cc1. The van der Waals surface area contributed by atoms with Gasteiger partial charge in [-0.3, -0.25) is 9.59 Å². The third-order valence-electron chi connectivity index (χ3n) is 8.84. The molecule has 1 spiro atoms. The Morgan fingerprint density at radius 3 is 2.26 bits per heavy atom. The minimum absolute atomic E-state index is 0.0933. The minimum atomic E-state index is -1.97. The summed E-state index contributed by atoms with van der Waals surface area (Å²) in [4.78, 5) is 60.6. The number of allylic oxidation sites excluding steroid dienone is 1. The average molecular weight is 623 g/mol. The smallest absolute Gasteiger partial charge is 0.355 e. The Hall–Kier alpha value is -5.51. The highest BCUT2D eigenvalue weighted by Gasteiger charge is 2.68. The predicted octanol–water partition coefficient (Wildman–Crippen LogP) is 4.76. The quantitative estimate of drug-likeness (QED) is 0.275. The Labute approximate surface area is 265 Å². The van der Waals surface area contributed by atoms with Crippen molar-refractivity contribution >= 4 is 29.3 Å². The van der Waals surface area contributed by atoms with Crippen LogP contribution in [0.3, 0.4) is 0 Å². The number of amides is 1. The summed E-state index contributed by atoms with van der Waals surface area (Å²) >= 11 is 0. The van der Waals surface area contributed by atoms with Crippen molar-refractivity contribution in [3.05, 3.63) is 136 Å². The number of nitrogens with zero attached hydrogens (tertiary/aromatic N) is 2. The molecule has 1 amide bonds. The number of anilines is 1. The zero-order chi connectivity index (χ0) is 32.7. The molecule has 3 aliphatic heterocycles. The molecule has 0 aromatic heterocycles. The first-order valence-corrected chi connectivity index (χ1v) is 14.6. The molecule has 0 radical (unpaired) electrons. The molecular weight excluding hydrogens is 591 g/mol. The predicted molar refractivity (Wildman–Crippen MR) is 166 cm³/mol. The number of hydrogen-bond donors (Lipinski definition) is 0. The van der Waals surface area contributed by atoms with Crippen LogP contribution in [-0.2, 0) is 40.6 Å². The van der Waals surface area contributed by atoms with Gasteiger partial charge in [0, 0.05) is 17.5 Å². The van der Waals surface area contributed by atoms with Gasteiger partial charge in [0.1, 0.15) is 22.7 Å². The Kier molecular flexibility index (Phi) is 7.81. The molecule has 3 aromatic carbocycles. The molecule has 234 valence electrons. The van der Waals surface area contributed by atoms with Crippen LogP contribution in [0, 0.1) is 18.7 Å². The maximum absolute atomic E-state index is 15.4. The Morgan fingerprint density at radius 2 is 1.61 bits per heavy atom. The van der Waals surface area contributed by atoms with E-state index in [1.54, 1.807) is 36.4 Å². The summed E-state index contributed by atoms with van der Waals surface area (Å²) in [6.45, 7) is 1.95. The Bertz CT molecular complexity index is 1850. The molecule has 3 atom stereocenters. The summed E-state index contributed by atoms with van der Waals surface area (Å²) in [7, 11) is 3.72. The van der Waals surface area contributed by atoms with Crippen molar-refractivity contribution < 1.29 is 37.8 Å². The number of aryl methyl sites for hydroxylation is 1. The summed E-state index contributed by atoms with van der Waals surface area (Å²) < 4.78 is 31.3. The lowest BCUT2D eigenvalue weighted by Gasteiger charge is -2.50. The van der Waals surface area contributed by atoms with E-state index < -0.39 is 46.8 Å². The fourth-order valence-corrected chi connectivity index (χ4v) is 6.78. The van der Waals surface area contributed by atoms with Crippen molar-refractivity contribution in [2.75, 3.05) is 26.2 Å². The van der Waals surface area contributed by atoms with Crippen LogP contribution < -0.4 is 4.90 Å². The molecule has 3 aromatic rings. The summed E-state index contributed by atoms with van der Waals surface area (Å²) in [5.74, 6) is -5.09. The number of benzene rings is 3. The second-order valence-corrected chi connectivity index (χ2v) is 11.3. The number of Topliss-reactive ketones (excluding diaryl/α,β-unsaturated/α-hetero) is 1. The van der Waals surface area contributed by atoms with Gasteiger partial charge in [0.25, 0.3) is 0 Å². The third-order valence-corrected chi connectivity index (χ3v) is 8.84. The number of carbonyl (C=O) groups is 4. The third kappa shape index (κ3) is 4.60. The lowest BCUT2D eigenvalue weighted by Crippen LogP contribution is -2.64. The molecule has 0 fully saturated rings. The summed E-state index contributed by atoms with van der Waals surface area (Å²) in [5.41, 5.74) is -0.222. The molecule has 0 saturated carbocycles. The van der Waals surface area contributed by atoms with Gasteiger partial charge in [-0.05, 0) is 48.4 Å². The van der Waals surface area contributed by atoms with Crippen molar-refractivity contribution in [2.24, 2.45) is 5.92 Å². The van der Waals surface area contributed by atoms with Gasteiger partial charge in [-0.25, -0.2) is 14.0 Å². The van der Waals surface area contributed by atoms with Crippen molar-refractivity contribution in [3.8, 4) is 0 Å². The van der Waals surface area contributed by atoms with Crippen LogP contribution in [0.2, 0.25) is 0 Å². The minimum Gasteiger partial charge on any atom is -0.497 e. The first kappa shape index (κ1) is 30.5. The molecule has 0 N–H and O–H groups in total. The number of hydrogen-bond acceptors (Lipinski definition) is 8. The molecule has 10 heteroatoms. The highest BCUT2D eigenvalue weighted by atomic mass is 19.1. The summed E-state index contributed by atoms with van der Waals surface area (Å²) in [6, 6.07) is 18.7. The number of ketones is 1. The summed E-state index contributed by atoms with van der Waals surface area (Å²) in [5, 5.41) is 0. The molecule has 46 heavy (non-hydrogen) atoms. The Morgan fingerprint density at radius 1 is 0.913 bits per heavy atom. The van der Waals surface area contributed by atoms with Gasteiger partial charge in [-0.2, -0.15) is 0 Å². The van der Waals surface area contributed by atoms with Gasteiger partial charge < -0.3 is 24.0 Å². The fraction of sp³-hybridized carbons (Fsp3) is 0.222. The zero-order valence-corrected chi connectivity index (χ0v) is 25.7. The largest absolute Gasteiger partial charge is 0.497 e. The molecule has 3 aliphatic rings. The van der Waals surface area contributed by atoms with Gasteiger partial charge in [0.15, 0.2) is 5.78 Å². The number of esters is 2. The van der Waals surface area contributed by atoms with Gasteiger partial charge in [0.05, 0.1) is 45.4 Å². The van der Waals surface area contributed by atoms with Gasteiger partial charge in [-0.1, -0.05) is 60.2 Å². The maximum Gasteiger partial charge on any atom is 0.355 e.